The van der Waals surface area contributed by atoms with Crippen molar-refractivity contribution >= 4 is 23.6 Å². The molecule has 1 aromatic carbocycles. The molecule has 1 aliphatic rings. The summed E-state index contributed by atoms with van der Waals surface area (Å²) < 4.78 is 5.01. The lowest BCUT2D eigenvalue weighted by atomic mass is 10.1. The van der Waals surface area contributed by atoms with Gasteiger partial charge in [0, 0.05) is 11.7 Å². The molecule has 1 atom stereocenters. The van der Waals surface area contributed by atoms with Crippen LogP contribution in [0.2, 0.25) is 0 Å². The molecule has 0 aliphatic heterocycles. The highest BCUT2D eigenvalue weighted by atomic mass is 16.5. The summed E-state index contributed by atoms with van der Waals surface area (Å²) in [5.41, 5.74) is 0.620. The minimum Gasteiger partial charge on any atom is -0.454 e. The summed E-state index contributed by atoms with van der Waals surface area (Å²) in [5, 5.41) is 7.96. The number of rotatable bonds is 7. The molecule has 3 amide bonds. The third-order valence-corrected chi connectivity index (χ3v) is 3.53. The number of nitrogens with one attached hydrogen (secondary N) is 3. The Morgan fingerprint density at radius 3 is 2.42 bits per heavy atom. The van der Waals surface area contributed by atoms with Crippen LogP contribution in [0.3, 0.4) is 0 Å². The van der Waals surface area contributed by atoms with Crippen LogP contribution in [0.15, 0.2) is 30.3 Å². The van der Waals surface area contributed by atoms with E-state index in [9.17, 15) is 14.4 Å². The average Bonchev–Trinajstić information content (AvgIpc) is 3.35. The molecule has 7 heteroatoms. The molecule has 1 aliphatic carbocycles. The minimum absolute atomic E-state index is 0.175. The van der Waals surface area contributed by atoms with Gasteiger partial charge in [-0.3, -0.25) is 4.79 Å². The number of urea groups is 1. The molecule has 1 saturated carbocycles. The van der Waals surface area contributed by atoms with Gasteiger partial charge in [-0.05, 0) is 30.9 Å². The minimum atomic E-state index is -0.831. The molecule has 0 unspecified atom stereocenters. The molecule has 2 rings (SSSR count). The van der Waals surface area contributed by atoms with Crippen LogP contribution < -0.4 is 16.0 Å². The second-order valence-corrected chi connectivity index (χ2v) is 6.14. The van der Waals surface area contributed by atoms with Crippen molar-refractivity contribution in [1.29, 1.82) is 0 Å². The van der Waals surface area contributed by atoms with E-state index in [0.29, 0.717) is 5.69 Å². The summed E-state index contributed by atoms with van der Waals surface area (Å²) in [7, 11) is 0. The number of carbonyl (C=O) groups is 3. The van der Waals surface area contributed by atoms with Crippen LogP contribution in [0.1, 0.15) is 26.7 Å². The topological polar surface area (TPSA) is 96.5 Å². The first kappa shape index (κ1) is 17.8. The molecule has 0 aromatic heterocycles. The van der Waals surface area contributed by atoms with Gasteiger partial charge < -0.3 is 20.7 Å². The molecule has 1 fully saturated rings. The number of carbonyl (C=O) groups excluding carboxylic acids is 3. The van der Waals surface area contributed by atoms with Crippen molar-refractivity contribution in [3.05, 3.63) is 30.3 Å². The standard InChI is InChI=1S/C17H23N3O4/c1-11(2)15(16(22)24-10-14(21)18-13-8-9-13)20-17(23)19-12-6-4-3-5-7-12/h3-7,11,13,15H,8-10H2,1-2H3,(H,18,21)(H2,19,20,23)/t15-/m1/s1. The zero-order valence-electron chi connectivity index (χ0n) is 13.9. The highest BCUT2D eigenvalue weighted by molar-refractivity contribution is 5.93. The van der Waals surface area contributed by atoms with E-state index in [1.807, 2.05) is 6.07 Å². The van der Waals surface area contributed by atoms with Crippen molar-refractivity contribution in [1.82, 2.24) is 10.6 Å². The summed E-state index contributed by atoms with van der Waals surface area (Å²) in [5.74, 6) is -1.12. The number of para-hydroxylation sites is 1. The first-order chi connectivity index (χ1) is 11.5. The molecule has 24 heavy (non-hydrogen) atoms. The highest BCUT2D eigenvalue weighted by Crippen LogP contribution is 2.18. The fraction of sp³-hybridized carbons (Fsp3) is 0.471. The predicted octanol–water partition coefficient (Wildman–Crippen LogP) is 1.65. The van der Waals surface area contributed by atoms with Crippen molar-refractivity contribution in [2.45, 2.75) is 38.8 Å². The van der Waals surface area contributed by atoms with Gasteiger partial charge in [0.25, 0.3) is 5.91 Å². The van der Waals surface area contributed by atoms with E-state index in [1.54, 1.807) is 38.1 Å². The van der Waals surface area contributed by atoms with Gasteiger partial charge in [-0.25, -0.2) is 9.59 Å². The zero-order valence-corrected chi connectivity index (χ0v) is 13.9. The van der Waals surface area contributed by atoms with Crippen LogP contribution >= 0.6 is 0 Å². The summed E-state index contributed by atoms with van der Waals surface area (Å²) in [4.78, 5) is 35.7. The van der Waals surface area contributed by atoms with E-state index < -0.39 is 18.0 Å². The number of benzene rings is 1. The number of hydrogen-bond donors (Lipinski definition) is 3. The van der Waals surface area contributed by atoms with E-state index in [2.05, 4.69) is 16.0 Å². The maximum atomic E-state index is 12.1. The van der Waals surface area contributed by atoms with Crippen molar-refractivity contribution < 1.29 is 19.1 Å². The Morgan fingerprint density at radius 1 is 1.17 bits per heavy atom. The normalized spacial score (nSPS) is 14.6. The number of ether oxygens (including phenoxy) is 1. The molecule has 130 valence electrons. The van der Waals surface area contributed by atoms with Gasteiger partial charge >= 0.3 is 12.0 Å². The Labute approximate surface area is 141 Å². The van der Waals surface area contributed by atoms with Gasteiger partial charge in [0.2, 0.25) is 0 Å². The van der Waals surface area contributed by atoms with Crippen molar-refractivity contribution in [3.63, 3.8) is 0 Å². The van der Waals surface area contributed by atoms with Gasteiger partial charge in [-0.1, -0.05) is 32.0 Å². The molecule has 0 bridgehead atoms. The molecule has 0 saturated heterocycles. The van der Waals surface area contributed by atoms with Gasteiger partial charge in [0.1, 0.15) is 6.04 Å². The summed E-state index contributed by atoms with van der Waals surface area (Å²) in [6, 6.07) is 7.79. The Bertz CT molecular complexity index is 585. The number of esters is 1. The maximum absolute atomic E-state index is 12.1. The predicted molar refractivity (Wildman–Crippen MR) is 89.3 cm³/mol. The Morgan fingerprint density at radius 2 is 1.83 bits per heavy atom. The largest absolute Gasteiger partial charge is 0.454 e. The fourth-order valence-corrected chi connectivity index (χ4v) is 2.05. The quantitative estimate of drug-likeness (QED) is 0.661. The Kier molecular flexibility index (Phi) is 6.17. The third kappa shape index (κ3) is 5.91. The molecule has 7 nitrogen and oxygen atoms in total. The summed E-state index contributed by atoms with van der Waals surface area (Å²) in [6.07, 6.45) is 1.94. The SMILES string of the molecule is CC(C)[C@@H](NC(=O)Nc1ccccc1)C(=O)OCC(=O)NC1CC1. The molecule has 1 aromatic rings. The second kappa shape index (κ2) is 8.33. The number of hydrogen-bond acceptors (Lipinski definition) is 4. The first-order valence-electron chi connectivity index (χ1n) is 8.04. The lowest BCUT2D eigenvalue weighted by molar-refractivity contribution is -0.151. The van der Waals surface area contributed by atoms with Crippen molar-refractivity contribution in [2.24, 2.45) is 5.92 Å². The van der Waals surface area contributed by atoms with Crippen molar-refractivity contribution in [3.8, 4) is 0 Å². The second-order valence-electron chi connectivity index (χ2n) is 6.14. The summed E-state index contributed by atoms with van der Waals surface area (Å²) in [6.45, 7) is 3.25. The van der Waals surface area contributed by atoms with Crippen LogP contribution in [-0.4, -0.2) is 36.6 Å². The van der Waals surface area contributed by atoms with E-state index in [-0.39, 0.29) is 24.5 Å². The monoisotopic (exact) mass is 333 g/mol. The Balaban J connectivity index is 1.82. The van der Waals surface area contributed by atoms with Crippen LogP contribution in [-0.2, 0) is 14.3 Å². The van der Waals surface area contributed by atoms with Gasteiger partial charge in [0.05, 0.1) is 0 Å². The summed E-state index contributed by atoms with van der Waals surface area (Å²) >= 11 is 0. The molecule has 0 heterocycles. The third-order valence-electron chi connectivity index (χ3n) is 3.53. The van der Waals surface area contributed by atoms with Gasteiger partial charge in [0.15, 0.2) is 6.61 Å². The molecule has 0 radical (unpaired) electrons. The lowest BCUT2D eigenvalue weighted by Gasteiger charge is -2.21. The molecular formula is C17H23N3O4. The van der Waals surface area contributed by atoms with Crippen LogP contribution in [0.4, 0.5) is 10.5 Å². The maximum Gasteiger partial charge on any atom is 0.329 e. The van der Waals surface area contributed by atoms with Gasteiger partial charge in [-0.15, -0.1) is 0 Å². The van der Waals surface area contributed by atoms with E-state index in [4.69, 9.17) is 4.74 Å². The smallest absolute Gasteiger partial charge is 0.329 e. The van der Waals surface area contributed by atoms with Gasteiger partial charge in [-0.2, -0.15) is 0 Å². The number of amides is 3. The van der Waals surface area contributed by atoms with E-state index >= 15 is 0 Å². The lowest BCUT2D eigenvalue weighted by Crippen LogP contribution is -2.47. The van der Waals surface area contributed by atoms with Crippen LogP contribution in [0.5, 0.6) is 0 Å². The molecule has 3 N–H and O–H groups in total. The first-order valence-corrected chi connectivity index (χ1v) is 8.04. The van der Waals surface area contributed by atoms with Crippen LogP contribution in [0.25, 0.3) is 0 Å². The molecular weight excluding hydrogens is 310 g/mol. The van der Waals surface area contributed by atoms with Crippen LogP contribution in [0, 0.1) is 5.92 Å². The fourth-order valence-electron chi connectivity index (χ4n) is 2.05. The number of anilines is 1. The van der Waals surface area contributed by atoms with E-state index in [0.717, 1.165) is 12.8 Å². The highest BCUT2D eigenvalue weighted by Gasteiger charge is 2.28. The van der Waals surface area contributed by atoms with Crippen molar-refractivity contribution in [2.75, 3.05) is 11.9 Å². The Hall–Kier alpha value is -2.57. The molecule has 0 spiro atoms. The average molecular weight is 333 g/mol. The zero-order chi connectivity index (χ0) is 17.5. The van der Waals surface area contributed by atoms with E-state index in [1.165, 1.54) is 0 Å².